The zero-order valence-electron chi connectivity index (χ0n) is 9.71. The van der Waals surface area contributed by atoms with Crippen LogP contribution in [0.5, 0.6) is 0 Å². The lowest BCUT2D eigenvalue weighted by Crippen LogP contribution is -2.34. The van der Waals surface area contributed by atoms with E-state index in [1.165, 1.54) is 6.07 Å². The summed E-state index contributed by atoms with van der Waals surface area (Å²) in [6.07, 6.45) is 2.29. The number of nitrogens with two attached hydrogens (primary N) is 1. The fraction of sp³-hybridized carbons (Fsp3) is 0.500. The van der Waals surface area contributed by atoms with E-state index >= 15 is 0 Å². The molecule has 0 aliphatic carbocycles. The van der Waals surface area contributed by atoms with Crippen molar-refractivity contribution in [3.63, 3.8) is 0 Å². The highest BCUT2D eigenvalue weighted by Gasteiger charge is 2.23. The van der Waals surface area contributed by atoms with Crippen molar-refractivity contribution in [3.05, 3.63) is 39.9 Å². The summed E-state index contributed by atoms with van der Waals surface area (Å²) < 4.78 is 0. The second kappa shape index (κ2) is 5.25. The third-order valence-corrected chi connectivity index (χ3v) is 3.28. The average molecular weight is 235 g/mol. The van der Waals surface area contributed by atoms with Crippen molar-refractivity contribution in [3.8, 4) is 0 Å². The summed E-state index contributed by atoms with van der Waals surface area (Å²) in [5, 5.41) is 10.7. The lowest BCUT2D eigenvalue weighted by Gasteiger charge is -2.22. The Balaban J connectivity index is 2.07. The number of nitrogens with zero attached hydrogens (tertiary/aromatic N) is 2. The summed E-state index contributed by atoms with van der Waals surface area (Å²) in [5.74, 6) is 0. The smallest absolute Gasteiger partial charge is 0.269 e. The number of nitro benzene ring substituents is 1. The normalized spacial score (nSPS) is 20.6. The van der Waals surface area contributed by atoms with Crippen molar-refractivity contribution in [2.45, 2.75) is 25.4 Å². The average Bonchev–Trinajstić information content (AvgIpc) is 2.76. The molecule has 1 aromatic carbocycles. The molecule has 0 radical (unpaired) electrons. The Morgan fingerprint density at radius 2 is 2.35 bits per heavy atom. The maximum absolute atomic E-state index is 10.7. The molecule has 17 heavy (non-hydrogen) atoms. The van der Waals surface area contributed by atoms with E-state index in [9.17, 15) is 10.1 Å². The molecule has 1 aliphatic heterocycles. The van der Waals surface area contributed by atoms with Gasteiger partial charge in [-0.1, -0.05) is 12.1 Å². The van der Waals surface area contributed by atoms with Crippen LogP contribution in [0.25, 0.3) is 0 Å². The maximum atomic E-state index is 10.7. The second-order valence-corrected chi connectivity index (χ2v) is 4.43. The van der Waals surface area contributed by atoms with E-state index in [0.717, 1.165) is 31.5 Å². The van der Waals surface area contributed by atoms with Gasteiger partial charge in [0.25, 0.3) is 5.69 Å². The van der Waals surface area contributed by atoms with Gasteiger partial charge in [0.05, 0.1) is 4.92 Å². The molecule has 5 nitrogen and oxygen atoms in total. The van der Waals surface area contributed by atoms with Gasteiger partial charge in [-0.2, -0.15) is 0 Å². The number of non-ortho nitro benzene ring substituents is 1. The van der Waals surface area contributed by atoms with E-state index in [-0.39, 0.29) is 10.6 Å². The Bertz CT molecular complexity index is 408. The molecule has 92 valence electrons. The Kier molecular flexibility index (Phi) is 3.71. The minimum Gasteiger partial charge on any atom is -0.329 e. The predicted molar refractivity (Wildman–Crippen MR) is 65.6 cm³/mol. The summed E-state index contributed by atoms with van der Waals surface area (Å²) in [7, 11) is 0. The Morgan fingerprint density at radius 1 is 1.53 bits per heavy atom. The molecule has 1 heterocycles. The molecule has 5 heteroatoms. The number of rotatable bonds is 4. The van der Waals surface area contributed by atoms with Crippen molar-refractivity contribution < 1.29 is 4.92 Å². The quantitative estimate of drug-likeness (QED) is 0.634. The van der Waals surface area contributed by atoms with Gasteiger partial charge in [-0.3, -0.25) is 15.0 Å². The van der Waals surface area contributed by atoms with Crippen LogP contribution in [0.15, 0.2) is 24.3 Å². The molecule has 1 aliphatic rings. The highest BCUT2D eigenvalue weighted by Crippen LogP contribution is 2.21. The Hall–Kier alpha value is -1.46. The van der Waals surface area contributed by atoms with Crippen LogP contribution in [0.2, 0.25) is 0 Å². The van der Waals surface area contributed by atoms with Crippen LogP contribution in [-0.2, 0) is 6.54 Å². The van der Waals surface area contributed by atoms with Gasteiger partial charge >= 0.3 is 0 Å². The molecule has 1 fully saturated rings. The highest BCUT2D eigenvalue weighted by atomic mass is 16.6. The van der Waals surface area contributed by atoms with Gasteiger partial charge in [0.2, 0.25) is 0 Å². The molecule has 0 spiro atoms. The van der Waals surface area contributed by atoms with Gasteiger partial charge in [0.1, 0.15) is 0 Å². The first-order valence-corrected chi connectivity index (χ1v) is 5.88. The SMILES string of the molecule is NCC1CCCN1Cc1cccc([N+](=O)[O-])c1. The summed E-state index contributed by atoms with van der Waals surface area (Å²) in [5.41, 5.74) is 6.85. The number of hydrogen-bond donors (Lipinski definition) is 1. The lowest BCUT2D eigenvalue weighted by molar-refractivity contribution is -0.384. The number of nitro groups is 1. The van der Waals surface area contributed by atoms with Gasteiger partial charge in [-0.25, -0.2) is 0 Å². The van der Waals surface area contributed by atoms with E-state index in [0.29, 0.717) is 12.6 Å². The largest absolute Gasteiger partial charge is 0.329 e. The fourth-order valence-corrected chi connectivity index (χ4v) is 2.37. The van der Waals surface area contributed by atoms with Crippen molar-refractivity contribution in [2.24, 2.45) is 5.73 Å². The first-order valence-electron chi connectivity index (χ1n) is 5.88. The number of likely N-dealkylation sites (tertiary alicyclic amines) is 1. The van der Waals surface area contributed by atoms with Crippen molar-refractivity contribution in [1.29, 1.82) is 0 Å². The second-order valence-electron chi connectivity index (χ2n) is 4.43. The molecule has 1 atom stereocenters. The standard InChI is InChI=1S/C12H17N3O2/c13-8-12-5-2-6-14(12)9-10-3-1-4-11(7-10)15(16)17/h1,3-4,7,12H,2,5-6,8-9,13H2. The fourth-order valence-electron chi connectivity index (χ4n) is 2.37. The van der Waals surface area contributed by atoms with Crippen LogP contribution in [0.3, 0.4) is 0 Å². The molecule has 1 unspecified atom stereocenters. The molecule has 2 N–H and O–H groups in total. The minimum absolute atomic E-state index is 0.158. The zero-order valence-corrected chi connectivity index (χ0v) is 9.71. The molecule has 0 bridgehead atoms. The van der Waals surface area contributed by atoms with Gasteiger partial charge in [-0.15, -0.1) is 0 Å². The molecule has 1 saturated heterocycles. The summed E-state index contributed by atoms with van der Waals surface area (Å²) in [4.78, 5) is 12.6. The summed E-state index contributed by atoms with van der Waals surface area (Å²) in [6, 6.07) is 7.26. The van der Waals surface area contributed by atoms with Gasteiger partial charge in [0, 0.05) is 31.3 Å². The molecule has 0 amide bonds. The summed E-state index contributed by atoms with van der Waals surface area (Å²) in [6.45, 7) is 2.45. The van der Waals surface area contributed by atoms with Gasteiger partial charge in [-0.05, 0) is 24.9 Å². The van der Waals surface area contributed by atoms with Crippen LogP contribution < -0.4 is 5.73 Å². The third kappa shape index (κ3) is 2.81. The molecule has 0 saturated carbocycles. The summed E-state index contributed by atoms with van der Waals surface area (Å²) >= 11 is 0. The highest BCUT2D eigenvalue weighted by molar-refractivity contribution is 5.34. The third-order valence-electron chi connectivity index (χ3n) is 3.28. The predicted octanol–water partition coefficient (Wildman–Crippen LogP) is 1.52. The Morgan fingerprint density at radius 3 is 3.06 bits per heavy atom. The van der Waals surface area contributed by atoms with Crippen LogP contribution in [0.1, 0.15) is 18.4 Å². The van der Waals surface area contributed by atoms with E-state index in [4.69, 9.17) is 5.73 Å². The van der Waals surface area contributed by atoms with Crippen LogP contribution in [-0.4, -0.2) is 29.0 Å². The van der Waals surface area contributed by atoms with Crippen LogP contribution >= 0.6 is 0 Å². The topological polar surface area (TPSA) is 72.4 Å². The number of benzene rings is 1. The molecule has 0 aromatic heterocycles. The van der Waals surface area contributed by atoms with Crippen LogP contribution in [0.4, 0.5) is 5.69 Å². The van der Waals surface area contributed by atoms with Crippen molar-refractivity contribution in [1.82, 2.24) is 4.90 Å². The number of hydrogen-bond acceptors (Lipinski definition) is 4. The Labute approximate surface area is 100 Å². The lowest BCUT2D eigenvalue weighted by atomic mass is 10.1. The molecule has 1 aromatic rings. The van der Waals surface area contributed by atoms with Gasteiger partial charge in [0.15, 0.2) is 0 Å². The van der Waals surface area contributed by atoms with E-state index < -0.39 is 0 Å². The molecular weight excluding hydrogens is 218 g/mol. The first-order chi connectivity index (χ1) is 8.20. The van der Waals surface area contributed by atoms with Crippen LogP contribution in [0, 0.1) is 10.1 Å². The minimum atomic E-state index is -0.353. The van der Waals surface area contributed by atoms with Crippen molar-refractivity contribution in [2.75, 3.05) is 13.1 Å². The first kappa shape index (κ1) is 12.0. The van der Waals surface area contributed by atoms with E-state index in [2.05, 4.69) is 4.90 Å². The molecule has 2 rings (SSSR count). The van der Waals surface area contributed by atoms with Gasteiger partial charge < -0.3 is 5.73 Å². The van der Waals surface area contributed by atoms with Crippen molar-refractivity contribution >= 4 is 5.69 Å². The maximum Gasteiger partial charge on any atom is 0.269 e. The molecular formula is C12H17N3O2. The zero-order chi connectivity index (χ0) is 12.3. The van der Waals surface area contributed by atoms with E-state index in [1.807, 2.05) is 6.07 Å². The monoisotopic (exact) mass is 235 g/mol. The van der Waals surface area contributed by atoms with E-state index in [1.54, 1.807) is 12.1 Å².